The van der Waals surface area contributed by atoms with Crippen LogP contribution in [0.3, 0.4) is 0 Å². The molecule has 0 radical (unpaired) electrons. The Labute approximate surface area is 223 Å². The van der Waals surface area contributed by atoms with Crippen LogP contribution in [0.25, 0.3) is 0 Å². The van der Waals surface area contributed by atoms with E-state index in [1.54, 1.807) is 24.5 Å². The van der Waals surface area contributed by atoms with E-state index in [9.17, 15) is 50.7 Å². The number of pyridine rings is 2. The van der Waals surface area contributed by atoms with Crippen LogP contribution in [0, 0.1) is 40.5 Å². The minimum absolute atomic E-state index is 0.449. The molecule has 0 aliphatic rings. The predicted molar refractivity (Wildman–Crippen MR) is 133 cm³/mol. The lowest BCUT2D eigenvalue weighted by atomic mass is 10.2. The molecule has 4 rings (SSSR count). The van der Waals surface area contributed by atoms with Crippen LogP contribution in [-0.2, 0) is 0 Å². The van der Waals surface area contributed by atoms with Crippen molar-refractivity contribution in [1.29, 1.82) is 0 Å². The van der Waals surface area contributed by atoms with Gasteiger partial charge in [-0.05, 0) is 23.6 Å². The van der Waals surface area contributed by atoms with Crippen LogP contribution in [-0.4, -0.2) is 19.7 Å². The summed E-state index contributed by atoms with van der Waals surface area (Å²) in [4.78, 5) is 42.8. The lowest BCUT2D eigenvalue weighted by Gasteiger charge is -2.04. The number of anilines is 2. The SMILES string of the molecule is Nc1cccc[nH+]1.Nc1cccc[nH+]1.O=[N+]([O-])c1ccc([N+](=O)[O-])c([O-])c1.O=[N+]([O-])c1ccc([N+](=O)[O-])c([O-])c1. The van der Waals surface area contributed by atoms with Gasteiger partial charge in [-0.1, -0.05) is 12.1 Å². The standard InChI is InChI=1S/2C6H4N2O5.2C5H6N2/c2*9-6-3-4(7(10)11)1-2-5(6)8(12)13;2*6-5-3-1-2-4-7-5/h2*1-3,9H;2*1-4H,(H2,6,7). The van der Waals surface area contributed by atoms with E-state index in [0.717, 1.165) is 24.3 Å². The third-order valence-corrected chi connectivity index (χ3v) is 4.17. The Kier molecular flexibility index (Phi) is 12.3. The zero-order valence-corrected chi connectivity index (χ0v) is 20.1. The van der Waals surface area contributed by atoms with Crippen molar-refractivity contribution < 1.29 is 39.9 Å². The van der Waals surface area contributed by atoms with Gasteiger partial charge in [0.1, 0.15) is 0 Å². The summed E-state index contributed by atoms with van der Waals surface area (Å²) in [6.45, 7) is 0. The van der Waals surface area contributed by atoms with Gasteiger partial charge in [0.05, 0.1) is 32.1 Å². The Hall–Kier alpha value is -6.46. The molecule has 0 aliphatic carbocycles. The Morgan fingerprint density at radius 1 is 0.525 bits per heavy atom. The van der Waals surface area contributed by atoms with Gasteiger partial charge in [0, 0.05) is 48.5 Å². The average molecular weight is 556 g/mol. The summed E-state index contributed by atoms with van der Waals surface area (Å²) < 4.78 is 0. The van der Waals surface area contributed by atoms with Crippen molar-refractivity contribution in [3.8, 4) is 11.5 Å². The summed E-state index contributed by atoms with van der Waals surface area (Å²) >= 11 is 0. The number of nitro groups is 4. The van der Waals surface area contributed by atoms with Crippen molar-refractivity contribution >= 4 is 34.4 Å². The van der Waals surface area contributed by atoms with Crippen molar-refractivity contribution in [3.05, 3.63) is 126 Å². The van der Waals surface area contributed by atoms with Crippen LogP contribution in [0.15, 0.2) is 85.2 Å². The van der Waals surface area contributed by atoms with Crippen LogP contribution in [0.4, 0.5) is 34.4 Å². The number of H-pyrrole nitrogens is 2. The first kappa shape index (κ1) is 31.6. The van der Waals surface area contributed by atoms with Crippen LogP contribution in [0.1, 0.15) is 0 Å². The fourth-order valence-corrected chi connectivity index (χ4v) is 2.35. The van der Waals surface area contributed by atoms with Crippen LogP contribution < -0.4 is 31.6 Å². The molecule has 0 saturated carbocycles. The van der Waals surface area contributed by atoms with Gasteiger partial charge in [-0.15, -0.1) is 0 Å². The topological polar surface area (TPSA) is 299 Å². The fourth-order valence-electron chi connectivity index (χ4n) is 2.35. The molecular formula is C22H20N8O10. The third-order valence-electron chi connectivity index (χ3n) is 4.17. The van der Waals surface area contributed by atoms with Crippen molar-refractivity contribution in [2.45, 2.75) is 0 Å². The zero-order valence-electron chi connectivity index (χ0n) is 20.1. The monoisotopic (exact) mass is 556 g/mol. The van der Waals surface area contributed by atoms with Crippen LogP contribution in [0.2, 0.25) is 0 Å². The molecular weight excluding hydrogens is 536 g/mol. The molecule has 0 aliphatic heterocycles. The molecule has 0 unspecified atom stereocenters. The number of rotatable bonds is 4. The van der Waals surface area contributed by atoms with Gasteiger partial charge >= 0.3 is 0 Å². The second-order valence-corrected chi connectivity index (χ2v) is 6.97. The number of nitrogens with two attached hydrogens (primary N) is 2. The van der Waals surface area contributed by atoms with Crippen molar-refractivity contribution in [1.82, 2.24) is 0 Å². The highest BCUT2D eigenvalue weighted by atomic mass is 16.6. The molecule has 18 nitrogen and oxygen atoms in total. The van der Waals surface area contributed by atoms with Gasteiger partial charge in [0.15, 0.2) is 0 Å². The summed E-state index contributed by atoms with van der Waals surface area (Å²) in [5, 5.41) is 62.2. The van der Waals surface area contributed by atoms with E-state index in [2.05, 4.69) is 9.97 Å². The number of hydrogen-bond acceptors (Lipinski definition) is 12. The van der Waals surface area contributed by atoms with E-state index < -0.39 is 53.9 Å². The minimum atomic E-state index is -0.959. The molecule has 208 valence electrons. The van der Waals surface area contributed by atoms with Gasteiger partial charge in [-0.25, -0.2) is 9.97 Å². The maximum atomic E-state index is 10.8. The molecule has 2 aromatic heterocycles. The molecule has 4 aromatic rings. The third kappa shape index (κ3) is 11.1. The van der Waals surface area contributed by atoms with E-state index in [1.807, 2.05) is 24.3 Å². The van der Waals surface area contributed by atoms with Crippen molar-refractivity contribution in [2.75, 3.05) is 11.5 Å². The lowest BCUT2D eigenvalue weighted by Crippen LogP contribution is -2.06. The summed E-state index contributed by atoms with van der Waals surface area (Å²) in [5.74, 6) is -0.525. The molecule has 0 spiro atoms. The number of aromatic nitrogens is 2. The maximum absolute atomic E-state index is 10.8. The molecule has 18 heteroatoms. The number of non-ortho nitro benzene ring substituents is 2. The highest BCUT2D eigenvalue weighted by molar-refractivity contribution is 5.51. The molecule has 2 heterocycles. The van der Waals surface area contributed by atoms with Gasteiger partial charge in [-0.2, -0.15) is 0 Å². The number of nitro benzene ring substituents is 4. The number of hydrogen-bond donors (Lipinski definition) is 2. The second-order valence-electron chi connectivity index (χ2n) is 6.97. The van der Waals surface area contributed by atoms with Crippen LogP contribution in [0.5, 0.6) is 11.5 Å². The van der Waals surface area contributed by atoms with Gasteiger partial charge in [0.25, 0.3) is 34.4 Å². The van der Waals surface area contributed by atoms with E-state index in [1.165, 1.54) is 0 Å². The first-order valence-corrected chi connectivity index (χ1v) is 10.5. The fraction of sp³-hybridized carbons (Fsp3) is 0. The van der Waals surface area contributed by atoms with Gasteiger partial charge in [-0.3, -0.25) is 51.9 Å². The molecule has 6 N–H and O–H groups in total. The van der Waals surface area contributed by atoms with Gasteiger partial charge in [0.2, 0.25) is 0 Å². The van der Waals surface area contributed by atoms with E-state index >= 15 is 0 Å². The Bertz CT molecular complexity index is 1350. The second kappa shape index (κ2) is 15.6. The first-order valence-electron chi connectivity index (χ1n) is 10.5. The number of aromatic amines is 2. The molecule has 0 atom stereocenters. The van der Waals surface area contributed by atoms with Crippen LogP contribution >= 0.6 is 0 Å². The molecule has 0 fully saturated rings. The summed E-state index contributed by atoms with van der Waals surface area (Å²) in [7, 11) is 0. The highest BCUT2D eigenvalue weighted by Gasteiger charge is 2.12. The molecule has 0 bridgehead atoms. The Balaban J connectivity index is 0.000000277. The Morgan fingerprint density at radius 3 is 1.05 bits per heavy atom. The molecule has 0 saturated heterocycles. The van der Waals surface area contributed by atoms with E-state index in [-0.39, 0.29) is 0 Å². The number of nitrogens with zero attached hydrogens (tertiary/aromatic N) is 4. The number of nitrogen functional groups attached to an aromatic ring is 2. The molecule has 40 heavy (non-hydrogen) atoms. The predicted octanol–water partition coefficient (Wildman–Crippen LogP) is 1.32. The van der Waals surface area contributed by atoms with E-state index in [4.69, 9.17) is 11.5 Å². The minimum Gasteiger partial charge on any atom is -0.868 e. The summed E-state index contributed by atoms with van der Waals surface area (Å²) in [6, 6.07) is 15.9. The van der Waals surface area contributed by atoms with Crippen molar-refractivity contribution in [2.24, 2.45) is 0 Å². The van der Waals surface area contributed by atoms with Gasteiger partial charge < -0.3 is 10.2 Å². The average Bonchev–Trinajstić information content (AvgIpc) is 2.90. The Morgan fingerprint density at radius 2 is 0.875 bits per heavy atom. The maximum Gasteiger partial charge on any atom is 0.269 e. The number of benzene rings is 2. The summed E-state index contributed by atoms with van der Waals surface area (Å²) in [5.41, 5.74) is 8.38. The quantitative estimate of drug-likeness (QED) is 0.265. The smallest absolute Gasteiger partial charge is 0.269 e. The lowest BCUT2D eigenvalue weighted by molar-refractivity contribution is -0.401. The zero-order chi connectivity index (χ0) is 30.2. The largest absolute Gasteiger partial charge is 0.868 e. The normalized spacial score (nSPS) is 9.20. The number of nitrogens with one attached hydrogen (secondary N) is 2. The molecule has 2 aromatic carbocycles. The molecule has 0 amide bonds. The first-order chi connectivity index (χ1) is 18.8. The summed E-state index contributed by atoms with van der Waals surface area (Å²) in [6.07, 6.45) is 3.57. The van der Waals surface area contributed by atoms with E-state index in [0.29, 0.717) is 23.8 Å². The highest BCUT2D eigenvalue weighted by Crippen LogP contribution is 2.27. The van der Waals surface area contributed by atoms with Crippen molar-refractivity contribution in [3.63, 3.8) is 0 Å².